The Hall–Kier alpha value is -2.53. The molecule has 3 nitrogen and oxygen atoms in total. The van der Waals surface area contributed by atoms with Gasteiger partial charge in [-0.05, 0) is 31.5 Å². The summed E-state index contributed by atoms with van der Waals surface area (Å²) in [6.45, 7) is 3.86. The summed E-state index contributed by atoms with van der Waals surface area (Å²) < 4.78 is 13.3. The van der Waals surface area contributed by atoms with E-state index in [0.717, 1.165) is 16.1 Å². The maximum Gasteiger partial charge on any atom is 0.230 e. The second kappa shape index (κ2) is 6.93. The van der Waals surface area contributed by atoms with Crippen LogP contribution in [-0.2, 0) is 11.2 Å². The third kappa shape index (κ3) is 3.86. The van der Waals surface area contributed by atoms with Crippen LogP contribution in [-0.4, -0.2) is 10.9 Å². The molecular weight excluding hydrogens is 323 g/mol. The second-order valence-electron chi connectivity index (χ2n) is 5.69. The third-order valence-corrected chi connectivity index (χ3v) is 4.61. The quantitative estimate of drug-likeness (QED) is 0.745. The highest BCUT2D eigenvalue weighted by atomic mass is 32.1. The first-order valence-electron chi connectivity index (χ1n) is 7.59. The van der Waals surface area contributed by atoms with Crippen molar-refractivity contribution in [1.29, 1.82) is 0 Å². The van der Waals surface area contributed by atoms with Crippen molar-refractivity contribution in [3.05, 3.63) is 70.5 Å². The Kier molecular flexibility index (Phi) is 4.71. The summed E-state index contributed by atoms with van der Waals surface area (Å²) in [5.41, 5.74) is 4.26. The molecule has 0 spiro atoms. The molecule has 0 bridgehead atoms. The molecule has 1 N–H and O–H groups in total. The van der Waals surface area contributed by atoms with Crippen molar-refractivity contribution in [3.63, 3.8) is 0 Å². The number of anilines is 1. The fourth-order valence-corrected chi connectivity index (χ4v) is 3.13. The number of rotatable bonds is 4. The summed E-state index contributed by atoms with van der Waals surface area (Å²) in [7, 11) is 0. The standard InChI is InChI=1S/C19H17FN2OS/c1-12-3-6-14(7-4-12)19-21-16(11-24-19)10-18(23)22-17-9-15(20)8-5-13(17)2/h3-9,11H,10H2,1-2H3,(H,22,23). The number of nitrogens with one attached hydrogen (secondary N) is 1. The molecular formula is C19H17FN2OS. The van der Waals surface area contributed by atoms with E-state index in [1.165, 1.54) is 29.0 Å². The Morgan fingerprint density at radius 1 is 1.17 bits per heavy atom. The van der Waals surface area contributed by atoms with E-state index < -0.39 is 0 Å². The lowest BCUT2D eigenvalue weighted by molar-refractivity contribution is -0.115. The van der Waals surface area contributed by atoms with Gasteiger partial charge in [0.15, 0.2) is 0 Å². The van der Waals surface area contributed by atoms with Gasteiger partial charge in [-0.3, -0.25) is 4.79 Å². The predicted octanol–water partition coefficient (Wildman–Crippen LogP) is 4.75. The van der Waals surface area contributed by atoms with E-state index in [1.54, 1.807) is 6.07 Å². The van der Waals surface area contributed by atoms with E-state index in [-0.39, 0.29) is 18.1 Å². The van der Waals surface area contributed by atoms with Crippen molar-refractivity contribution in [2.75, 3.05) is 5.32 Å². The van der Waals surface area contributed by atoms with E-state index in [9.17, 15) is 9.18 Å². The molecule has 5 heteroatoms. The van der Waals surface area contributed by atoms with Gasteiger partial charge in [-0.1, -0.05) is 35.9 Å². The van der Waals surface area contributed by atoms with Crippen molar-refractivity contribution < 1.29 is 9.18 Å². The molecule has 0 saturated carbocycles. The van der Waals surface area contributed by atoms with Crippen LogP contribution in [0.1, 0.15) is 16.8 Å². The van der Waals surface area contributed by atoms with Gasteiger partial charge in [0, 0.05) is 16.6 Å². The van der Waals surface area contributed by atoms with Gasteiger partial charge >= 0.3 is 0 Å². The molecule has 0 unspecified atom stereocenters. The molecule has 122 valence electrons. The number of amides is 1. The third-order valence-electron chi connectivity index (χ3n) is 3.67. The van der Waals surface area contributed by atoms with Crippen LogP contribution < -0.4 is 5.32 Å². The number of hydrogen-bond acceptors (Lipinski definition) is 3. The first-order chi connectivity index (χ1) is 11.5. The van der Waals surface area contributed by atoms with Crippen LogP contribution in [0.5, 0.6) is 0 Å². The zero-order valence-corrected chi connectivity index (χ0v) is 14.3. The van der Waals surface area contributed by atoms with E-state index in [4.69, 9.17) is 0 Å². The fraction of sp³-hybridized carbons (Fsp3) is 0.158. The molecule has 1 aromatic heterocycles. The normalized spacial score (nSPS) is 10.6. The molecule has 2 aromatic carbocycles. The van der Waals surface area contributed by atoms with Gasteiger partial charge in [-0.15, -0.1) is 11.3 Å². The van der Waals surface area contributed by atoms with Gasteiger partial charge in [0.1, 0.15) is 10.8 Å². The maximum absolute atomic E-state index is 13.3. The highest BCUT2D eigenvalue weighted by Crippen LogP contribution is 2.24. The number of hydrogen-bond donors (Lipinski definition) is 1. The van der Waals surface area contributed by atoms with Crippen molar-refractivity contribution in [3.8, 4) is 10.6 Å². The minimum Gasteiger partial charge on any atom is -0.325 e. The van der Waals surface area contributed by atoms with Crippen LogP contribution in [0.3, 0.4) is 0 Å². The highest BCUT2D eigenvalue weighted by molar-refractivity contribution is 7.13. The summed E-state index contributed by atoms with van der Waals surface area (Å²) in [4.78, 5) is 16.7. The number of carbonyl (C=O) groups excluding carboxylic acids is 1. The van der Waals surface area contributed by atoms with Crippen molar-refractivity contribution in [2.45, 2.75) is 20.3 Å². The topological polar surface area (TPSA) is 42.0 Å². The van der Waals surface area contributed by atoms with Crippen molar-refractivity contribution >= 4 is 22.9 Å². The van der Waals surface area contributed by atoms with Crippen molar-refractivity contribution in [1.82, 2.24) is 4.98 Å². The van der Waals surface area contributed by atoms with Gasteiger partial charge in [0.25, 0.3) is 0 Å². The minimum absolute atomic E-state index is 0.165. The van der Waals surface area contributed by atoms with Crippen LogP contribution in [0.4, 0.5) is 10.1 Å². The van der Waals surface area contributed by atoms with E-state index >= 15 is 0 Å². The fourth-order valence-electron chi connectivity index (χ4n) is 2.30. The number of carbonyl (C=O) groups is 1. The largest absolute Gasteiger partial charge is 0.325 e. The van der Waals surface area contributed by atoms with Gasteiger partial charge in [0.2, 0.25) is 5.91 Å². The average Bonchev–Trinajstić information content (AvgIpc) is 3.00. The number of aromatic nitrogens is 1. The van der Waals surface area contributed by atoms with E-state index in [0.29, 0.717) is 11.4 Å². The highest BCUT2D eigenvalue weighted by Gasteiger charge is 2.11. The van der Waals surface area contributed by atoms with Gasteiger partial charge < -0.3 is 5.32 Å². The number of halogens is 1. The number of thiazole rings is 1. The van der Waals surface area contributed by atoms with E-state index in [2.05, 4.69) is 10.3 Å². The SMILES string of the molecule is Cc1ccc(-c2nc(CC(=O)Nc3cc(F)ccc3C)cs2)cc1. The second-order valence-corrected chi connectivity index (χ2v) is 6.55. The van der Waals surface area contributed by atoms with Crippen LogP contribution in [0.15, 0.2) is 47.8 Å². The lowest BCUT2D eigenvalue weighted by Crippen LogP contribution is -2.15. The summed E-state index contributed by atoms with van der Waals surface area (Å²) in [5, 5.41) is 5.51. The Bertz CT molecular complexity index is 871. The molecule has 0 atom stereocenters. The Morgan fingerprint density at radius 2 is 1.92 bits per heavy atom. The molecule has 3 aromatic rings. The first kappa shape index (κ1) is 16.3. The number of aryl methyl sites for hydroxylation is 2. The number of benzene rings is 2. The molecule has 0 aliphatic rings. The molecule has 24 heavy (non-hydrogen) atoms. The average molecular weight is 340 g/mol. The van der Waals surface area contributed by atoms with Gasteiger partial charge in [-0.25, -0.2) is 9.37 Å². The zero-order chi connectivity index (χ0) is 17.1. The molecule has 0 saturated heterocycles. The molecule has 3 rings (SSSR count). The monoisotopic (exact) mass is 340 g/mol. The first-order valence-corrected chi connectivity index (χ1v) is 8.46. The van der Waals surface area contributed by atoms with E-state index in [1.807, 2.05) is 43.5 Å². The Morgan fingerprint density at radius 3 is 2.67 bits per heavy atom. The zero-order valence-electron chi connectivity index (χ0n) is 13.5. The molecule has 1 heterocycles. The lowest BCUT2D eigenvalue weighted by Gasteiger charge is -2.07. The summed E-state index contributed by atoms with van der Waals surface area (Å²) in [6, 6.07) is 12.5. The summed E-state index contributed by atoms with van der Waals surface area (Å²) in [5.74, 6) is -0.573. The van der Waals surface area contributed by atoms with Crippen molar-refractivity contribution in [2.24, 2.45) is 0 Å². The number of nitrogens with zero attached hydrogens (tertiary/aromatic N) is 1. The van der Waals surface area contributed by atoms with Gasteiger partial charge in [0.05, 0.1) is 12.1 Å². The van der Waals surface area contributed by atoms with Crippen LogP contribution >= 0.6 is 11.3 Å². The molecule has 0 radical (unpaired) electrons. The molecule has 0 aliphatic heterocycles. The van der Waals surface area contributed by atoms with Crippen LogP contribution in [0.2, 0.25) is 0 Å². The Balaban J connectivity index is 1.69. The lowest BCUT2D eigenvalue weighted by atomic mass is 10.1. The summed E-state index contributed by atoms with van der Waals surface area (Å²) in [6.07, 6.45) is 0.165. The van der Waals surface area contributed by atoms with Gasteiger partial charge in [-0.2, -0.15) is 0 Å². The van der Waals surface area contributed by atoms with Crippen LogP contribution in [0, 0.1) is 19.7 Å². The Labute approximate surface area is 144 Å². The maximum atomic E-state index is 13.3. The predicted molar refractivity (Wildman–Crippen MR) is 95.8 cm³/mol. The smallest absolute Gasteiger partial charge is 0.230 e. The van der Waals surface area contributed by atoms with Crippen LogP contribution in [0.25, 0.3) is 10.6 Å². The molecule has 1 amide bonds. The molecule has 0 aliphatic carbocycles. The minimum atomic E-state index is -0.369. The summed E-state index contributed by atoms with van der Waals surface area (Å²) >= 11 is 1.51. The molecule has 0 fully saturated rings.